The van der Waals surface area contributed by atoms with Crippen molar-refractivity contribution in [1.29, 1.82) is 0 Å². The van der Waals surface area contributed by atoms with Gasteiger partial charge in [-0.1, -0.05) is 26.7 Å². The van der Waals surface area contributed by atoms with Crippen molar-refractivity contribution >= 4 is 15.7 Å². The Kier molecular flexibility index (Phi) is 10.0. The summed E-state index contributed by atoms with van der Waals surface area (Å²) in [6.07, 6.45) is -0.223. The summed E-state index contributed by atoms with van der Waals surface area (Å²) in [6, 6.07) is 10.0. The summed E-state index contributed by atoms with van der Waals surface area (Å²) in [5.41, 5.74) is -0.510. The number of hydrogen-bond donors (Lipinski definition) is 1. The average Bonchev–Trinajstić information content (AvgIpc) is 2.77. The van der Waals surface area contributed by atoms with Crippen LogP contribution < -0.4 is 14.4 Å². The monoisotopic (exact) mass is 486 g/mol. The minimum absolute atomic E-state index is 0.210. The van der Waals surface area contributed by atoms with Crippen molar-refractivity contribution in [3.8, 4) is 5.75 Å². The van der Waals surface area contributed by atoms with E-state index in [1.54, 1.807) is 24.3 Å². The normalized spacial score (nSPS) is 12.2. The van der Waals surface area contributed by atoms with Crippen LogP contribution in [0.3, 0.4) is 0 Å². The zero-order valence-corrected chi connectivity index (χ0v) is 20.2. The van der Waals surface area contributed by atoms with E-state index in [1.807, 2.05) is 0 Å². The highest BCUT2D eigenvalue weighted by Crippen LogP contribution is 2.31. The van der Waals surface area contributed by atoms with Gasteiger partial charge >= 0.3 is 6.18 Å². The zero-order chi connectivity index (χ0) is 24.5. The van der Waals surface area contributed by atoms with Gasteiger partial charge in [-0.2, -0.15) is 13.2 Å². The first-order valence-electron chi connectivity index (χ1n) is 11.1. The molecule has 0 aliphatic carbocycles. The first-order valence-corrected chi connectivity index (χ1v) is 12.6. The van der Waals surface area contributed by atoms with Crippen LogP contribution in [0.15, 0.2) is 53.4 Å². The number of rotatable bonds is 13. The topological polar surface area (TPSA) is 58.6 Å². The standard InChI is InChI=1S/C24H33F3N2O3S/c1-19(2)18-28-16-6-4-5-7-17-32-22-12-10-21(11-13-22)29(3)33(30,31)23-14-8-20(9-15-23)24(25,26)27/h8-15,19,28H,4-7,16-18H2,1-3H3. The van der Waals surface area contributed by atoms with Crippen LogP contribution in [0.5, 0.6) is 5.75 Å². The molecule has 2 rings (SSSR count). The molecular weight excluding hydrogens is 453 g/mol. The molecule has 0 atom stereocenters. The third kappa shape index (κ3) is 8.55. The van der Waals surface area contributed by atoms with Crippen LogP contribution in [0, 0.1) is 5.92 Å². The quantitative estimate of drug-likeness (QED) is 0.368. The molecule has 0 aromatic heterocycles. The summed E-state index contributed by atoms with van der Waals surface area (Å²) in [5.74, 6) is 1.30. The van der Waals surface area contributed by atoms with Gasteiger partial charge in [0.1, 0.15) is 5.75 Å². The van der Waals surface area contributed by atoms with Crippen LogP contribution >= 0.6 is 0 Å². The number of alkyl halides is 3. The van der Waals surface area contributed by atoms with Gasteiger partial charge in [0.2, 0.25) is 0 Å². The molecule has 9 heteroatoms. The molecule has 0 fully saturated rings. The van der Waals surface area contributed by atoms with E-state index < -0.39 is 21.8 Å². The van der Waals surface area contributed by atoms with Crippen LogP contribution in [0.4, 0.5) is 18.9 Å². The number of nitrogens with zero attached hydrogens (tertiary/aromatic N) is 1. The summed E-state index contributed by atoms with van der Waals surface area (Å²) in [6.45, 7) is 7.03. The Labute approximate surface area is 195 Å². The Morgan fingerprint density at radius 1 is 0.939 bits per heavy atom. The zero-order valence-electron chi connectivity index (χ0n) is 19.4. The van der Waals surface area contributed by atoms with E-state index in [1.165, 1.54) is 7.05 Å². The van der Waals surface area contributed by atoms with Gasteiger partial charge in [-0.25, -0.2) is 8.42 Å². The lowest BCUT2D eigenvalue weighted by Crippen LogP contribution is -2.26. The van der Waals surface area contributed by atoms with Crippen LogP contribution in [0.1, 0.15) is 45.1 Å². The van der Waals surface area contributed by atoms with Crippen molar-refractivity contribution in [2.75, 3.05) is 31.0 Å². The Bertz CT molecular complexity index is 944. The number of hydrogen-bond acceptors (Lipinski definition) is 4. The second kappa shape index (κ2) is 12.3. The number of halogens is 3. The maximum Gasteiger partial charge on any atom is 0.416 e. The van der Waals surface area contributed by atoms with Gasteiger partial charge in [0, 0.05) is 7.05 Å². The van der Waals surface area contributed by atoms with Gasteiger partial charge in [-0.3, -0.25) is 4.31 Å². The van der Waals surface area contributed by atoms with E-state index in [9.17, 15) is 21.6 Å². The van der Waals surface area contributed by atoms with Crippen molar-refractivity contribution in [2.45, 2.75) is 50.6 Å². The maximum atomic E-state index is 12.8. The fourth-order valence-corrected chi connectivity index (χ4v) is 4.35. The first kappa shape index (κ1) is 27.0. The van der Waals surface area contributed by atoms with E-state index >= 15 is 0 Å². The number of nitrogens with one attached hydrogen (secondary N) is 1. The van der Waals surface area contributed by atoms with Gasteiger partial charge in [0.25, 0.3) is 10.0 Å². The minimum Gasteiger partial charge on any atom is -0.494 e. The molecule has 0 saturated heterocycles. The van der Waals surface area contributed by atoms with Crippen LogP contribution in [0.25, 0.3) is 0 Å². The predicted octanol–water partition coefficient (Wildman–Crippen LogP) is 5.72. The van der Waals surface area contributed by atoms with Crippen LogP contribution in [-0.4, -0.2) is 35.2 Å². The largest absolute Gasteiger partial charge is 0.494 e. The number of ether oxygens (including phenoxy) is 1. The fourth-order valence-electron chi connectivity index (χ4n) is 3.15. The van der Waals surface area contributed by atoms with E-state index in [2.05, 4.69) is 19.2 Å². The first-order chi connectivity index (χ1) is 15.5. The predicted molar refractivity (Wildman–Crippen MR) is 125 cm³/mol. The molecule has 0 spiro atoms. The number of anilines is 1. The van der Waals surface area contributed by atoms with Crippen molar-refractivity contribution in [3.05, 3.63) is 54.1 Å². The summed E-state index contributed by atoms with van der Waals surface area (Å²) >= 11 is 0. The van der Waals surface area contributed by atoms with Crippen molar-refractivity contribution < 1.29 is 26.3 Å². The Balaban J connectivity index is 1.81. The molecule has 0 amide bonds. The highest BCUT2D eigenvalue weighted by molar-refractivity contribution is 7.92. The molecule has 0 saturated carbocycles. The minimum atomic E-state index is -4.52. The second-order valence-corrected chi connectivity index (χ2v) is 10.3. The van der Waals surface area contributed by atoms with Gasteiger partial charge in [0.05, 0.1) is 22.8 Å². The maximum absolute atomic E-state index is 12.8. The second-order valence-electron chi connectivity index (χ2n) is 8.35. The molecule has 2 aromatic rings. The van der Waals surface area contributed by atoms with Crippen molar-refractivity contribution in [3.63, 3.8) is 0 Å². The molecule has 0 bridgehead atoms. The molecule has 0 aliphatic heterocycles. The third-order valence-corrected chi connectivity index (χ3v) is 6.91. The molecular formula is C24H33F3N2O3S. The molecule has 1 N–H and O–H groups in total. The molecule has 0 heterocycles. The molecule has 184 valence electrons. The lowest BCUT2D eigenvalue weighted by atomic mass is 10.2. The summed E-state index contributed by atoms with van der Waals surface area (Å²) in [4.78, 5) is -0.210. The van der Waals surface area contributed by atoms with Crippen LogP contribution in [-0.2, 0) is 16.2 Å². The molecule has 2 aromatic carbocycles. The molecule has 0 aliphatic rings. The number of sulfonamides is 1. The molecule has 0 radical (unpaired) electrons. The van der Waals surface area contributed by atoms with Gasteiger partial charge in [0.15, 0.2) is 0 Å². The van der Waals surface area contributed by atoms with E-state index in [4.69, 9.17) is 4.74 Å². The molecule has 5 nitrogen and oxygen atoms in total. The van der Waals surface area contributed by atoms with E-state index in [-0.39, 0.29) is 4.90 Å². The SMILES string of the molecule is CC(C)CNCCCCCCOc1ccc(N(C)S(=O)(=O)c2ccc(C(F)(F)F)cc2)cc1. The summed E-state index contributed by atoms with van der Waals surface area (Å²) in [5, 5.41) is 3.42. The van der Waals surface area contributed by atoms with E-state index in [0.717, 1.165) is 67.3 Å². The molecule has 0 unspecified atom stereocenters. The molecule has 33 heavy (non-hydrogen) atoms. The highest BCUT2D eigenvalue weighted by atomic mass is 32.2. The van der Waals surface area contributed by atoms with Crippen molar-refractivity contribution in [2.24, 2.45) is 5.92 Å². The van der Waals surface area contributed by atoms with E-state index in [0.29, 0.717) is 24.0 Å². The van der Waals surface area contributed by atoms with Gasteiger partial charge in [-0.15, -0.1) is 0 Å². The summed E-state index contributed by atoms with van der Waals surface area (Å²) in [7, 11) is -2.63. The number of benzene rings is 2. The van der Waals surface area contributed by atoms with Crippen molar-refractivity contribution in [1.82, 2.24) is 5.32 Å². The number of unbranched alkanes of at least 4 members (excludes halogenated alkanes) is 3. The lowest BCUT2D eigenvalue weighted by Gasteiger charge is -2.20. The third-order valence-electron chi connectivity index (χ3n) is 5.11. The average molecular weight is 487 g/mol. The smallest absolute Gasteiger partial charge is 0.416 e. The highest BCUT2D eigenvalue weighted by Gasteiger charge is 2.31. The Morgan fingerprint density at radius 2 is 1.55 bits per heavy atom. The Hall–Kier alpha value is -2.26. The Morgan fingerprint density at radius 3 is 2.12 bits per heavy atom. The fraction of sp³-hybridized carbons (Fsp3) is 0.500. The summed E-state index contributed by atoms with van der Waals surface area (Å²) < 4.78 is 70.4. The van der Waals surface area contributed by atoms with Crippen LogP contribution in [0.2, 0.25) is 0 Å². The lowest BCUT2D eigenvalue weighted by molar-refractivity contribution is -0.137. The van der Waals surface area contributed by atoms with Gasteiger partial charge in [-0.05, 0) is 80.4 Å². The van der Waals surface area contributed by atoms with Gasteiger partial charge < -0.3 is 10.1 Å².